The number of hydrogen-bond acceptors (Lipinski definition) is 5. The average Bonchev–Trinajstić information content (AvgIpc) is 3.18. The normalized spacial score (nSPS) is 16.7. The Bertz CT molecular complexity index is 1140. The summed E-state index contributed by atoms with van der Waals surface area (Å²) in [6, 6.07) is 9.53. The minimum absolute atomic E-state index is 0.194. The van der Waals surface area contributed by atoms with Crippen molar-refractivity contribution in [1.29, 1.82) is 0 Å². The molecule has 0 spiro atoms. The van der Waals surface area contributed by atoms with Crippen molar-refractivity contribution in [3.8, 4) is 11.3 Å². The van der Waals surface area contributed by atoms with Crippen molar-refractivity contribution < 1.29 is 27.9 Å². The summed E-state index contributed by atoms with van der Waals surface area (Å²) in [6.45, 7) is 0.213. The summed E-state index contributed by atoms with van der Waals surface area (Å²) >= 11 is 0. The molecule has 0 bridgehead atoms. The first kappa shape index (κ1) is 19.8. The summed E-state index contributed by atoms with van der Waals surface area (Å²) in [7, 11) is 1.47. The van der Waals surface area contributed by atoms with Gasteiger partial charge in [-0.1, -0.05) is 23.4 Å². The summed E-state index contributed by atoms with van der Waals surface area (Å²) in [5, 5.41) is 17.8. The van der Waals surface area contributed by atoms with Crippen LogP contribution in [0.25, 0.3) is 11.3 Å². The fourth-order valence-electron chi connectivity index (χ4n) is 3.24. The summed E-state index contributed by atoms with van der Waals surface area (Å²) in [4.78, 5) is 25.4. The van der Waals surface area contributed by atoms with Gasteiger partial charge in [0.05, 0.1) is 24.0 Å². The van der Waals surface area contributed by atoms with Crippen LogP contribution in [0.4, 0.5) is 18.9 Å². The van der Waals surface area contributed by atoms with E-state index in [4.69, 9.17) is 0 Å². The Kier molecular flexibility index (Phi) is 4.65. The predicted molar refractivity (Wildman–Crippen MR) is 99.8 cm³/mol. The number of amides is 1. The van der Waals surface area contributed by atoms with E-state index in [9.17, 15) is 27.9 Å². The molecular formula is C20H15F3N4O3. The Morgan fingerprint density at radius 1 is 1.10 bits per heavy atom. The molecule has 2 heterocycles. The molecule has 2 aromatic carbocycles. The number of aromatic nitrogens is 3. The molecule has 0 radical (unpaired) electrons. The molecule has 0 saturated heterocycles. The molecule has 10 heteroatoms. The predicted octanol–water partition coefficient (Wildman–Crippen LogP) is 2.53. The van der Waals surface area contributed by atoms with E-state index < -0.39 is 29.5 Å². The van der Waals surface area contributed by atoms with Gasteiger partial charge in [0.25, 0.3) is 5.91 Å². The van der Waals surface area contributed by atoms with E-state index >= 15 is 0 Å². The number of hydrogen-bond donors (Lipinski definition) is 1. The van der Waals surface area contributed by atoms with E-state index in [0.29, 0.717) is 22.5 Å². The number of rotatable bonds is 3. The van der Waals surface area contributed by atoms with Gasteiger partial charge in [0.1, 0.15) is 5.69 Å². The number of ketones is 1. The molecule has 7 nitrogen and oxygen atoms in total. The van der Waals surface area contributed by atoms with Crippen molar-refractivity contribution in [3.05, 3.63) is 65.4 Å². The topological polar surface area (TPSA) is 88.3 Å². The molecule has 3 aromatic rings. The maximum absolute atomic E-state index is 12.7. The van der Waals surface area contributed by atoms with Crippen LogP contribution in [-0.2, 0) is 17.5 Å². The van der Waals surface area contributed by atoms with Gasteiger partial charge in [0.2, 0.25) is 5.78 Å². The van der Waals surface area contributed by atoms with E-state index in [-0.39, 0.29) is 12.1 Å². The third-order valence-electron chi connectivity index (χ3n) is 4.90. The zero-order valence-corrected chi connectivity index (χ0v) is 15.6. The van der Waals surface area contributed by atoms with Crippen molar-refractivity contribution in [2.45, 2.75) is 18.8 Å². The van der Waals surface area contributed by atoms with Crippen LogP contribution in [0.5, 0.6) is 0 Å². The summed E-state index contributed by atoms with van der Waals surface area (Å²) in [5.74, 6) is -1.38. The molecule has 0 fully saturated rings. The molecule has 1 aliphatic rings. The monoisotopic (exact) mass is 416 g/mol. The number of halogens is 3. The summed E-state index contributed by atoms with van der Waals surface area (Å²) in [6.07, 6.45) is -4.54. The van der Waals surface area contributed by atoms with E-state index in [0.717, 1.165) is 12.1 Å². The van der Waals surface area contributed by atoms with E-state index in [1.807, 2.05) is 0 Å². The van der Waals surface area contributed by atoms with Crippen LogP contribution in [0.3, 0.4) is 0 Å². The van der Waals surface area contributed by atoms with Gasteiger partial charge in [0.15, 0.2) is 6.10 Å². The number of aliphatic hydroxyl groups is 1. The Balaban J connectivity index is 1.58. The fraction of sp³-hybridized carbons (Fsp3) is 0.200. The van der Waals surface area contributed by atoms with Crippen LogP contribution in [0.15, 0.2) is 48.7 Å². The molecule has 0 saturated carbocycles. The standard InChI is InChI=1S/C20H15F3N4O3/c1-26-16-7-4-12(8-14(16)17(28)18(29)19(26)30)15-10-27(25-24-15)9-11-2-5-13(6-3-11)20(21,22)23/h2-8,10,18,29H,9H2,1H3. The summed E-state index contributed by atoms with van der Waals surface area (Å²) < 4.78 is 39.5. The lowest BCUT2D eigenvalue weighted by atomic mass is 9.95. The second-order valence-electron chi connectivity index (χ2n) is 6.89. The van der Waals surface area contributed by atoms with Crippen LogP contribution >= 0.6 is 0 Å². The van der Waals surface area contributed by atoms with Gasteiger partial charge in [-0.05, 0) is 29.8 Å². The highest BCUT2D eigenvalue weighted by atomic mass is 19.4. The molecule has 0 aliphatic carbocycles. The highest BCUT2D eigenvalue weighted by Gasteiger charge is 2.36. The molecule has 1 atom stereocenters. The fourth-order valence-corrected chi connectivity index (χ4v) is 3.24. The van der Waals surface area contributed by atoms with Gasteiger partial charge < -0.3 is 10.0 Å². The maximum Gasteiger partial charge on any atom is 0.416 e. The van der Waals surface area contributed by atoms with Crippen LogP contribution in [-0.4, -0.2) is 44.9 Å². The number of nitrogens with zero attached hydrogens (tertiary/aromatic N) is 4. The minimum Gasteiger partial charge on any atom is -0.376 e. The molecule has 1 amide bonds. The molecule has 4 rings (SSSR count). The first-order chi connectivity index (χ1) is 14.1. The molecule has 1 aliphatic heterocycles. The number of Topliss-reactive ketones (excluding diaryl/α,β-unsaturated/α-hetero) is 1. The highest BCUT2D eigenvalue weighted by Crippen LogP contribution is 2.31. The van der Waals surface area contributed by atoms with Crippen LogP contribution in [0.1, 0.15) is 21.5 Å². The van der Waals surface area contributed by atoms with Gasteiger partial charge in [-0.25, -0.2) is 4.68 Å². The number of likely N-dealkylation sites (N-methyl/N-ethyl adjacent to an activating group) is 1. The molecule has 1 unspecified atom stereocenters. The molecule has 30 heavy (non-hydrogen) atoms. The molecule has 1 aromatic heterocycles. The first-order valence-electron chi connectivity index (χ1n) is 8.85. The lowest BCUT2D eigenvalue weighted by molar-refractivity contribution is -0.137. The number of aliphatic hydroxyl groups excluding tert-OH is 1. The third kappa shape index (κ3) is 3.45. The maximum atomic E-state index is 12.7. The molecule has 154 valence electrons. The van der Waals surface area contributed by atoms with Gasteiger partial charge in [-0.2, -0.15) is 13.2 Å². The second kappa shape index (κ2) is 7.06. The smallest absolute Gasteiger partial charge is 0.376 e. The quantitative estimate of drug-likeness (QED) is 0.663. The van der Waals surface area contributed by atoms with Gasteiger partial charge in [-0.15, -0.1) is 5.10 Å². The molecule has 1 N–H and O–H groups in total. The summed E-state index contributed by atoms with van der Waals surface area (Å²) in [5.41, 5.74) is 1.45. The highest BCUT2D eigenvalue weighted by molar-refractivity contribution is 6.23. The van der Waals surface area contributed by atoms with Crippen molar-refractivity contribution in [2.75, 3.05) is 11.9 Å². The van der Waals surface area contributed by atoms with Gasteiger partial charge in [-0.3, -0.25) is 9.59 Å². The Morgan fingerprint density at radius 2 is 1.80 bits per heavy atom. The largest absolute Gasteiger partial charge is 0.416 e. The van der Waals surface area contributed by atoms with Gasteiger partial charge >= 0.3 is 6.18 Å². The van der Waals surface area contributed by atoms with E-state index in [2.05, 4.69) is 10.3 Å². The zero-order valence-electron chi connectivity index (χ0n) is 15.6. The van der Waals surface area contributed by atoms with Crippen molar-refractivity contribution in [1.82, 2.24) is 15.0 Å². The number of carbonyl (C=O) groups excluding carboxylic acids is 2. The SMILES string of the molecule is CN1C(=O)C(O)C(=O)c2cc(-c3cn(Cc4ccc(C(F)(F)F)cc4)nn3)ccc21. The van der Waals surface area contributed by atoms with Crippen molar-refractivity contribution in [2.24, 2.45) is 0 Å². The van der Waals surface area contributed by atoms with Crippen molar-refractivity contribution in [3.63, 3.8) is 0 Å². The Morgan fingerprint density at radius 3 is 2.47 bits per heavy atom. The number of benzene rings is 2. The second-order valence-corrected chi connectivity index (χ2v) is 6.89. The molecular weight excluding hydrogens is 401 g/mol. The number of carbonyl (C=O) groups is 2. The van der Waals surface area contributed by atoms with Crippen LogP contribution in [0, 0.1) is 0 Å². The van der Waals surface area contributed by atoms with Crippen LogP contribution < -0.4 is 4.90 Å². The third-order valence-corrected chi connectivity index (χ3v) is 4.90. The van der Waals surface area contributed by atoms with Crippen LogP contribution in [0.2, 0.25) is 0 Å². The van der Waals surface area contributed by atoms with E-state index in [1.165, 1.54) is 34.8 Å². The Hall–Kier alpha value is -3.53. The minimum atomic E-state index is -4.39. The van der Waals surface area contributed by atoms with Gasteiger partial charge in [0, 0.05) is 18.2 Å². The Labute approximate surface area is 168 Å². The number of alkyl halides is 3. The average molecular weight is 416 g/mol. The first-order valence-corrected chi connectivity index (χ1v) is 8.85. The number of fused-ring (bicyclic) bond motifs is 1. The lowest BCUT2D eigenvalue weighted by Gasteiger charge is -2.28. The lowest BCUT2D eigenvalue weighted by Crippen LogP contribution is -2.46. The zero-order chi connectivity index (χ0) is 21.6. The van der Waals surface area contributed by atoms with E-state index in [1.54, 1.807) is 18.3 Å². The number of anilines is 1. The van der Waals surface area contributed by atoms with Crippen molar-refractivity contribution >= 4 is 17.4 Å².